The molecule has 3 heterocycles. The zero-order chi connectivity index (χ0) is 43.1. The first kappa shape index (κ1) is 36.7. The van der Waals surface area contributed by atoms with Crippen molar-refractivity contribution in [2.75, 3.05) is 4.90 Å². The van der Waals surface area contributed by atoms with Gasteiger partial charge in [-0.1, -0.05) is 169 Å². The minimum Gasteiger partial charge on any atom is -0.457 e. The summed E-state index contributed by atoms with van der Waals surface area (Å²) in [5.74, 6) is 1.79. The van der Waals surface area contributed by atoms with Gasteiger partial charge in [-0.3, -0.25) is 0 Å². The maximum atomic E-state index is 6.73. The van der Waals surface area contributed by atoms with E-state index in [1.807, 2.05) is 23.1 Å². The van der Waals surface area contributed by atoms with Crippen LogP contribution in [0.25, 0.3) is 42.4 Å². The molecule has 0 N–H and O–H groups in total. The number of hydrogen-bond donors (Lipinski definition) is 0. The number of ether oxygens (including phenoxy) is 1. The lowest BCUT2D eigenvalue weighted by atomic mass is 9.66. The van der Waals surface area contributed by atoms with Crippen molar-refractivity contribution in [3.8, 4) is 33.8 Å². The highest BCUT2D eigenvalue weighted by atomic mass is 32.2. The molecule has 11 aromatic rings. The van der Waals surface area contributed by atoms with Crippen LogP contribution in [0.4, 0.5) is 17.1 Å². The third-order valence-electron chi connectivity index (χ3n) is 14.8. The van der Waals surface area contributed by atoms with Crippen molar-refractivity contribution < 1.29 is 4.74 Å². The maximum absolute atomic E-state index is 6.73. The Morgan fingerprint density at radius 1 is 0.318 bits per heavy atom. The molecule has 0 saturated carbocycles. The van der Waals surface area contributed by atoms with E-state index in [0.717, 1.165) is 39.7 Å². The van der Waals surface area contributed by atoms with Crippen LogP contribution in [0.1, 0.15) is 44.5 Å². The van der Waals surface area contributed by atoms with E-state index in [9.17, 15) is 0 Å². The average molecular weight is 876 g/mol. The fourth-order valence-electron chi connectivity index (χ4n) is 12.3. The molecule has 0 unspecified atom stereocenters. The van der Waals surface area contributed by atoms with Crippen LogP contribution < -0.4 is 9.64 Å². The van der Waals surface area contributed by atoms with Gasteiger partial charge >= 0.3 is 0 Å². The standard InChI is InChI=1S/C62H37NOS2/c1-4-18-47-41(15-1)43-32-29-39(36-54(43)62(47)50-20-6-10-24-55(50)64-56-25-11-7-21-51(56)62)63(40-30-33-45-44-17-3-12-26-57(44)65-60(45)37-40)38-31-34-49-46(35-38)42-16-2-5-19-48(42)61(49)52-22-8-13-27-58(52)66-59-28-14-9-23-53(59)61/h1-37H. The van der Waals surface area contributed by atoms with Gasteiger partial charge in [-0.05, 0) is 122 Å². The Hall–Kier alpha value is -7.63. The summed E-state index contributed by atoms with van der Waals surface area (Å²) >= 11 is 3.76. The maximum Gasteiger partial charge on any atom is 0.132 e. The Morgan fingerprint density at radius 3 is 1.50 bits per heavy atom. The smallest absolute Gasteiger partial charge is 0.132 e. The first-order valence-electron chi connectivity index (χ1n) is 22.7. The van der Waals surface area contributed by atoms with Crippen molar-refractivity contribution in [2.24, 2.45) is 0 Å². The molecule has 0 radical (unpaired) electrons. The Labute approximate surface area is 391 Å². The molecule has 10 aromatic carbocycles. The fourth-order valence-corrected chi connectivity index (χ4v) is 14.6. The van der Waals surface area contributed by atoms with E-state index in [1.165, 1.54) is 85.6 Å². The lowest BCUT2D eigenvalue weighted by molar-refractivity contribution is 0.436. The van der Waals surface area contributed by atoms with Gasteiger partial charge in [0, 0.05) is 58.2 Å². The largest absolute Gasteiger partial charge is 0.457 e. The quantitative estimate of drug-likeness (QED) is 0.175. The Morgan fingerprint density at radius 2 is 0.788 bits per heavy atom. The Kier molecular flexibility index (Phi) is 7.48. The summed E-state index contributed by atoms with van der Waals surface area (Å²) in [6.45, 7) is 0. The van der Waals surface area contributed by atoms with Crippen LogP contribution in [-0.4, -0.2) is 0 Å². The van der Waals surface area contributed by atoms with E-state index in [4.69, 9.17) is 4.74 Å². The summed E-state index contributed by atoms with van der Waals surface area (Å²) in [5.41, 5.74) is 17.6. The molecule has 4 aliphatic rings. The number of hydrogen-bond acceptors (Lipinski definition) is 4. The predicted octanol–water partition coefficient (Wildman–Crippen LogP) is 16.8. The number of nitrogens with zero attached hydrogens (tertiary/aromatic N) is 1. The van der Waals surface area contributed by atoms with E-state index in [2.05, 4.69) is 229 Å². The number of para-hydroxylation sites is 2. The molecule has 2 aliphatic heterocycles. The van der Waals surface area contributed by atoms with Crippen molar-refractivity contribution in [3.63, 3.8) is 0 Å². The highest BCUT2D eigenvalue weighted by Gasteiger charge is 2.52. The first-order chi connectivity index (χ1) is 32.7. The van der Waals surface area contributed by atoms with Crippen LogP contribution in [0.5, 0.6) is 11.5 Å². The molecule has 4 heteroatoms. The zero-order valence-electron chi connectivity index (χ0n) is 35.5. The summed E-state index contributed by atoms with van der Waals surface area (Å²) in [6.07, 6.45) is 0. The summed E-state index contributed by atoms with van der Waals surface area (Å²) < 4.78 is 9.30. The van der Waals surface area contributed by atoms with Crippen LogP contribution in [-0.2, 0) is 10.8 Å². The van der Waals surface area contributed by atoms with Gasteiger partial charge in [0.15, 0.2) is 0 Å². The molecule has 308 valence electrons. The normalized spacial score (nSPS) is 14.7. The number of rotatable bonds is 3. The lowest BCUT2D eigenvalue weighted by Crippen LogP contribution is -2.32. The molecule has 0 fully saturated rings. The van der Waals surface area contributed by atoms with Crippen molar-refractivity contribution in [1.29, 1.82) is 0 Å². The number of anilines is 3. The molecular weight excluding hydrogens is 839 g/mol. The summed E-state index contributed by atoms with van der Waals surface area (Å²) in [6, 6.07) is 83.8. The number of benzene rings is 10. The van der Waals surface area contributed by atoms with Gasteiger partial charge in [-0.15, -0.1) is 11.3 Å². The van der Waals surface area contributed by atoms with E-state index in [-0.39, 0.29) is 0 Å². The molecule has 0 amide bonds. The highest BCUT2D eigenvalue weighted by molar-refractivity contribution is 7.99. The van der Waals surface area contributed by atoms with E-state index in [0.29, 0.717) is 0 Å². The molecule has 15 rings (SSSR count). The van der Waals surface area contributed by atoms with Crippen LogP contribution >= 0.6 is 23.1 Å². The third-order valence-corrected chi connectivity index (χ3v) is 17.1. The second kappa shape index (κ2) is 13.5. The SMILES string of the molecule is c1ccc2c(c1)Oc1ccccc1C21c2ccccc2-c2ccc(N(c3ccc4c(c3)-c3ccccc3C43c4ccccc4Sc4ccccc43)c3ccc4c(c3)sc3ccccc34)cc21. The average Bonchev–Trinajstić information content (AvgIpc) is 3.99. The Bertz CT molecular complexity index is 3790. The summed E-state index contributed by atoms with van der Waals surface area (Å²) in [7, 11) is 0. The summed E-state index contributed by atoms with van der Waals surface area (Å²) in [4.78, 5) is 5.13. The van der Waals surface area contributed by atoms with Crippen LogP contribution in [0.15, 0.2) is 234 Å². The molecule has 2 aliphatic carbocycles. The van der Waals surface area contributed by atoms with Gasteiger partial charge < -0.3 is 9.64 Å². The molecule has 2 spiro atoms. The second-order valence-corrected chi connectivity index (χ2v) is 20.0. The van der Waals surface area contributed by atoms with Crippen LogP contribution in [0, 0.1) is 0 Å². The van der Waals surface area contributed by atoms with E-state index >= 15 is 0 Å². The minimum atomic E-state index is -0.586. The van der Waals surface area contributed by atoms with E-state index < -0.39 is 10.8 Å². The third kappa shape index (κ3) is 4.67. The van der Waals surface area contributed by atoms with Crippen molar-refractivity contribution in [2.45, 2.75) is 20.6 Å². The van der Waals surface area contributed by atoms with Gasteiger partial charge in [0.2, 0.25) is 0 Å². The molecule has 2 nitrogen and oxygen atoms in total. The minimum absolute atomic E-state index is 0.445. The number of thiophene rings is 1. The first-order valence-corrected chi connectivity index (χ1v) is 24.3. The monoisotopic (exact) mass is 875 g/mol. The van der Waals surface area contributed by atoms with Gasteiger partial charge in [-0.2, -0.15) is 0 Å². The van der Waals surface area contributed by atoms with Gasteiger partial charge in [-0.25, -0.2) is 0 Å². The van der Waals surface area contributed by atoms with Gasteiger partial charge in [0.25, 0.3) is 0 Å². The van der Waals surface area contributed by atoms with Crippen molar-refractivity contribution in [1.82, 2.24) is 0 Å². The molecular formula is C62H37NOS2. The molecule has 1 aromatic heterocycles. The molecule has 0 bridgehead atoms. The van der Waals surface area contributed by atoms with E-state index in [1.54, 1.807) is 0 Å². The van der Waals surface area contributed by atoms with Crippen LogP contribution in [0.2, 0.25) is 0 Å². The summed E-state index contributed by atoms with van der Waals surface area (Å²) in [5, 5.41) is 2.59. The molecule has 66 heavy (non-hydrogen) atoms. The van der Waals surface area contributed by atoms with Gasteiger partial charge in [0.1, 0.15) is 11.5 Å². The molecule has 0 saturated heterocycles. The topological polar surface area (TPSA) is 12.5 Å². The van der Waals surface area contributed by atoms with Crippen LogP contribution in [0.3, 0.4) is 0 Å². The fraction of sp³-hybridized carbons (Fsp3) is 0.0323. The zero-order valence-corrected chi connectivity index (χ0v) is 37.2. The second-order valence-electron chi connectivity index (χ2n) is 17.9. The van der Waals surface area contributed by atoms with Crippen molar-refractivity contribution in [3.05, 3.63) is 269 Å². The highest BCUT2D eigenvalue weighted by Crippen LogP contribution is 2.65. The molecule has 0 atom stereocenters. The van der Waals surface area contributed by atoms with Crippen molar-refractivity contribution >= 4 is 60.3 Å². The predicted molar refractivity (Wildman–Crippen MR) is 273 cm³/mol. The van der Waals surface area contributed by atoms with Gasteiger partial charge in [0.05, 0.1) is 10.8 Å². The lowest BCUT2D eigenvalue weighted by Gasteiger charge is -2.40. The Balaban J connectivity index is 1.01. The number of fused-ring (bicyclic) bond motifs is 21.